The summed E-state index contributed by atoms with van der Waals surface area (Å²) < 4.78 is 40.5. The Bertz CT molecular complexity index is 557. The van der Waals surface area contributed by atoms with Crippen molar-refractivity contribution in [3.05, 3.63) is 41.7 Å². The molecule has 1 aromatic heterocycles. The van der Waals surface area contributed by atoms with Gasteiger partial charge in [-0.25, -0.2) is 22.8 Å². The largest absolute Gasteiger partial charge is 0.378 e. The van der Waals surface area contributed by atoms with E-state index in [1.807, 2.05) is 13.8 Å². The predicted molar refractivity (Wildman–Crippen MR) is 64.0 cm³/mol. The normalized spacial score (nSPS) is 11.1. The van der Waals surface area contributed by atoms with Crippen molar-refractivity contribution in [2.75, 3.05) is 5.32 Å². The van der Waals surface area contributed by atoms with E-state index in [4.69, 9.17) is 0 Å². The van der Waals surface area contributed by atoms with Gasteiger partial charge in [-0.3, -0.25) is 0 Å². The van der Waals surface area contributed by atoms with Crippen molar-refractivity contribution >= 4 is 5.69 Å². The van der Waals surface area contributed by atoms with Gasteiger partial charge in [-0.15, -0.1) is 0 Å². The van der Waals surface area contributed by atoms with Gasteiger partial charge in [-0.05, 0) is 13.8 Å². The van der Waals surface area contributed by atoms with Gasteiger partial charge in [0.05, 0.1) is 6.54 Å². The minimum Gasteiger partial charge on any atom is -0.378 e. The van der Waals surface area contributed by atoms with Crippen LogP contribution in [0.5, 0.6) is 0 Å². The van der Waals surface area contributed by atoms with Crippen molar-refractivity contribution in [1.82, 2.24) is 14.8 Å². The van der Waals surface area contributed by atoms with Gasteiger partial charge in [-0.1, -0.05) is 0 Å². The van der Waals surface area contributed by atoms with Crippen LogP contribution in [0, 0.1) is 17.5 Å². The van der Waals surface area contributed by atoms with Crippen molar-refractivity contribution in [2.24, 2.45) is 0 Å². The second-order valence-corrected chi connectivity index (χ2v) is 4.32. The van der Waals surface area contributed by atoms with Gasteiger partial charge >= 0.3 is 0 Å². The van der Waals surface area contributed by atoms with Crippen LogP contribution in [0.4, 0.5) is 18.9 Å². The quantitative estimate of drug-likeness (QED) is 0.869. The molecule has 1 N–H and O–H groups in total. The second kappa shape index (κ2) is 5.29. The first-order chi connectivity index (χ1) is 8.99. The van der Waals surface area contributed by atoms with Crippen LogP contribution in [0.3, 0.4) is 0 Å². The second-order valence-electron chi connectivity index (χ2n) is 4.32. The molecule has 0 unspecified atom stereocenters. The van der Waals surface area contributed by atoms with Gasteiger partial charge in [-0.2, -0.15) is 5.10 Å². The fourth-order valence-electron chi connectivity index (χ4n) is 1.67. The molecule has 0 radical (unpaired) electrons. The Morgan fingerprint density at radius 3 is 2.42 bits per heavy atom. The summed E-state index contributed by atoms with van der Waals surface area (Å²) in [5, 5.41) is 6.82. The molecule has 0 aliphatic heterocycles. The van der Waals surface area contributed by atoms with Crippen molar-refractivity contribution < 1.29 is 13.2 Å². The Balaban J connectivity index is 2.13. The molecule has 0 aliphatic rings. The van der Waals surface area contributed by atoms with Crippen LogP contribution < -0.4 is 5.32 Å². The maximum absolute atomic E-state index is 13.0. The molecule has 102 valence electrons. The predicted octanol–water partition coefficient (Wildman–Crippen LogP) is 2.89. The molecule has 0 saturated heterocycles. The highest BCUT2D eigenvalue weighted by Gasteiger charge is 2.11. The fourth-order valence-corrected chi connectivity index (χ4v) is 1.67. The maximum Gasteiger partial charge on any atom is 0.194 e. The number of nitrogens with zero attached hydrogens (tertiary/aromatic N) is 3. The van der Waals surface area contributed by atoms with E-state index in [0.717, 1.165) is 12.1 Å². The first-order valence-corrected chi connectivity index (χ1v) is 5.76. The number of aromatic nitrogens is 3. The van der Waals surface area contributed by atoms with E-state index < -0.39 is 17.5 Å². The van der Waals surface area contributed by atoms with Gasteiger partial charge in [0.1, 0.15) is 12.2 Å². The molecule has 19 heavy (non-hydrogen) atoms. The van der Waals surface area contributed by atoms with Gasteiger partial charge < -0.3 is 5.32 Å². The summed E-state index contributed by atoms with van der Waals surface area (Å²) in [6, 6.07) is 1.92. The Kier molecular flexibility index (Phi) is 3.73. The molecule has 4 nitrogen and oxygen atoms in total. The van der Waals surface area contributed by atoms with Crippen LogP contribution in [0.25, 0.3) is 0 Å². The molecule has 0 atom stereocenters. The minimum absolute atomic E-state index is 0.126. The van der Waals surface area contributed by atoms with E-state index in [2.05, 4.69) is 15.4 Å². The number of nitrogens with one attached hydrogen (secondary N) is 1. The summed E-state index contributed by atoms with van der Waals surface area (Å²) in [6.07, 6.45) is 1.41. The lowest BCUT2D eigenvalue weighted by Gasteiger charge is -2.11. The standard InChI is InChI=1S/C12H13F3N4/c1-7(2)19-11(17-6-18-19)5-16-8-3-9(13)12(15)10(14)4-8/h3-4,6-7,16H,5H2,1-2H3. The van der Waals surface area contributed by atoms with E-state index in [9.17, 15) is 13.2 Å². The molecule has 0 spiro atoms. The van der Waals surface area contributed by atoms with E-state index >= 15 is 0 Å². The van der Waals surface area contributed by atoms with Crippen molar-refractivity contribution in [3.63, 3.8) is 0 Å². The SMILES string of the molecule is CC(C)n1ncnc1CNc1cc(F)c(F)c(F)c1. The topological polar surface area (TPSA) is 42.7 Å². The molecule has 2 rings (SSSR count). The number of rotatable bonds is 4. The minimum atomic E-state index is -1.48. The maximum atomic E-state index is 13.0. The monoisotopic (exact) mass is 270 g/mol. The highest BCUT2D eigenvalue weighted by atomic mass is 19.2. The van der Waals surface area contributed by atoms with E-state index in [1.54, 1.807) is 4.68 Å². The van der Waals surface area contributed by atoms with Crippen LogP contribution in [-0.2, 0) is 6.54 Å². The van der Waals surface area contributed by atoms with Crippen molar-refractivity contribution in [2.45, 2.75) is 26.4 Å². The van der Waals surface area contributed by atoms with Crippen LogP contribution >= 0.6 is 0 Å². The zero-order chi connectivity index (χ0) is 14.0. The number of benzene rings is 1. The van der Waals surface area contributed by atoms with Gasteiger partial charge in [0.15, 0.2) is 17.5 Å². The molecule has 0 saturated carbocycles. The van der Waals surface area contributed by atoms with Crippen LogP contribution in [0.15, 0.2) is 18.5 Å². The van der Waals surface area contributed by atoms with E-state index in [-0.39, 0.29) is 18.3 Å². The molecule has 0 fully saturated rings. The Morgan fingerprint density at radius 2 is 1.84 bits per heavy atom. The molecule has 0 bridgehead atoms. The Morgan fingerprint density at radius 1 is 1.21 bits per heavy atom. The first kappa shape index (κ1) is 13.4. The zero-order valence-electron chi connectivity index (χ0n) is 10.5. The fraction of sp³-hybridized carbons (Fsp3) is 0.333. The lowest BCUT2D eigenvalue weighted by molar-refractivity contribution is 0.447. The summed E-state index contributed by atoms with van der Waals surface area (Å²) in [5.41, 5.74) is 0.148. The van der Waals surface area contributed by atoms with Gasteiger partial charge in [0, 0.05) is 23.9 Å². The molecule has 7 heteroatoms. The summed E-state index contributed by atoms with van der Waals surface area (Å²) in [7, 11) is 0. The van der Waals surface area contributed by atoms with Crippen LogP contribution in [0.2, 0.25) is 0 Å². The van der Waals surface area contributed by atoms with Crippen LogP contribution in [0.1, 0.15) is 25.7 Å². The lowest BCUT2D eigenvalue weighted by atomic mass is 10.3. The van der Waals surface area contributed by atoms with E-state index in [0.29, 0.717) is 5.82 Å². The zero-order valence-corrected chi connectivity index (χ0v) is 10.5. The number of halogens is 3. The molecule has 0 amide bonds. The van der Waals surface area contributed by atoms with Crippen LogP contribution in [-0.4, -0.2) is 14.8 Å². The molecule has 1 aromatic carbocycles. The molecule has 0 aliphatic carbocycles. The average Bonchev–Trinajstić information content (AvgIpc) is 2.81. The first-order valence-electron chi connectivity index (χ1n) is 5.76. The summed E-state index contributed by atoms with van der Waals surface area (Å²) in [4.78, 5) is 4.04. The smallest absolute Gasteiger partial charge is 0.194 e. The molecular weight excluding hydrogens is 257 g/mol. The third-order valence-electron chi connectivity index (χ3n) is 2.57. The third-order valence-corrected chi connectivity index (χ3v) is 2.57. The lowest BCUT2D eigenvalue weighted by Crippen LogP contribution is -2.12. The van der Waals surface area contributed by atoms with Gasteiger partial charge in [0.2, 0.25) is 0 Å². The molecule has 1 heterocycles. The van der Waals surface area contributed by atoms with Crippen molar-refractivity contribution in [3.8, 4) is 0 Å². The van der Waals surface area contributed by atoms with Gasteiger partial charge in [0.25, 0.3) is 0 Å². The average molecular weight is 270 g/mol. The number of hydrogen-bond acceptors (Lipinski definition) is 3. The van der Waals surface area contributed by atoms with Crippen molar-refractivity contribution in [1.29, 1.82) is 0 Å². The van der Waals surface area contributed by atoms with E-state index in [1.165, 1.54) is 6.33 Å². The number of hydrogen-bond donors (Lipinski definition) is 1. The molecule has 2 aromatic rings. The highest BCUT2D eigenvalue weighted by Crippen LogP contribution is 2.18. The summed E-state index contributed by atoms with van der Waals surface area (Å²) in [6.45, 7) is 4.12. The highest BCUT2D eigenvalue weighted by molar-refractivity contribution is 5.44. The summed E-state index contributed by atoms with van der Waals surface area (Å²) in [5.74, 6) is -3.31. The summed E-state index contributed by atoms with van der Waals surface area (Å²) >= 11 is 0. The molecular formula is C12H13F3N4. The Hall–Kier alpha value is -2.05. The Labute approximate surface area is 108 Å². The third kappa shape index (κ3) is 2.86. The number of anilines is 1.